The molecule has 0 bridgehead atoms. The first-order valence-corrected chi connectivity index (χ1v) is 6.22. The number of ether oxygens (including phenoxy) is 1. The maximum Gasteiger partial charge on any atom is 0.335 e. The highest BCUT2D eigenvalue weighted by atomic mass is 35.5. The fourth-order valence-corrected chi connectivity index (χ4v) is 1.57. The third-order valence-corrected chi connectivity index (χ3v) is 2.65. The Balaban J connectivity index is 2.56. The first-order chi connectivity index (χ1) is 9.04. The number of hydrogen-bond donors (Lipinski definition) is 1. The quantitative estimate of drug-likeness (QED) is 0.642. The van der Waals surface area contributed by atoms with Gasteiger partial charge in [-0.3, -0.25) is 4.79 Å². The van der Waals surface area contributed by atoms with E-state index in [4.69, 9.17) is 11.6 Å². The fraction of sp³-hybridized carbons (Fsp3) is 0.286. The molecule has 0 unspecified atom stereocenters. The Morgan fingerprint density at radius 3 is 2.74 bits per heavy atom. The van der Waals surface area contributed by atoms with Crippen molar-refractivity contribution in [3.63, 3.8) is 0 Å². The Hall–Kier alpha value is -1.65. The zero-order valence-corrected chi connectivity index (χ0v) is 11.3. The topological polar surface area (TPSA) is 63.6 Å². The molecule has 0 aliphatic carbocycles. The smallest absolute Gasteiger partial charge is 0.335 e. The summed E-state index contributed by atoms with van der Waals surface area (Å²) in [6.45, 7) is 1.79. The molecule has 4 nitrogen and oxygen atoms in total. The van der Waals surface area contributed by atoms with Crippen LogP contribution in [0.15, 0.2) is 30.3 Å². The molecule has 0 amide bonds. The summed E-state index contributed by atoms with van der Waals surface area (Å²) in [6.07, 6.45) is 1.09. The maximum atomic E-state index is 11.5. The molecule has 0 aliphatic heterocycles. The van der Waals surface area contributed by atoms with Gasteiger partial charge in [0.2, 0.25) is 0 Å². The number of hydrogen-bond acceptors (Lipinski definition) is 4. The largest absolute Gasteiger partial charge is 0.464 e. The first kappa shape index (κ1) is 15.4. The van der Waals surface area contributed by atoms with Crippen LogP contribution in [-0.2, 0) is 14.3 Å². The zero-order valence-electron chi connectivity index (χ0n) is 10.5. The van der Waals surface area contributed by atoms with Crippen LogP contribution < -0.4 is 0 Å². The van der Waals surface area contributed by atoms with Crippen LogP contribution in [0, 0.1) is 0 Å². The van der Waals surface area contributed by atoms with Crippen molar-refractivity contribution in [3.8, 4) is 0 Å². The number of carbonyl (C=O) groups excluding carboxylic acids is 2. The highest BCUT2D eigenvalue weighted by molar-refractivity contribution is 6.32. The van der Waals surface area contributed by atoms with E-state index < -0.39 is 12.1 Å². The van der Waals surface area contributed by atoms with Crippen LogP contribution in [0.5, 0.6) is 0 Å². The first-order valence-electron chi connectivity index (χ1n) is 5.84. The number of rotatable bonds is 6. The molecular formula is C14H15ClO4. The molecule has 5 heteroatoms. The number of aliphatic hydroxyl groups is 1. The summed E-state index contributed by atoms with van der Waals surface area (Å²) >= 11 is 5.92. The van der Waals surface area contributed by atoms with Gasteiger partial charge in [0.15, 0.2) is 11.9 Å². The summed E-state index contributed by atoms with van der Waals surface area (Å²) < 4.78 is 4.60. The minimum Gasteiger partial charge on any atom is -0.464 e. The molecule has 0 heterocycles. The molecule has 1 rings (SSSR count). The minimum atomic E-state index is -1.43. The maximum absolute atomic E-state index is 11.5. The van der Waals surface area contributed by atoms with Gasteiger partial charge in [0, 0.05) is 11.4 Å². The van der Waals surface area contributed by atoms with Gasteiger partial charge in [-0.2, -0.15) is 0 Å². The second-order valence-corrected chi connectivity index (χ2v) is 4.20. The van der Waals surface area contributed by atoms with E-state index in [1.165, 1.54) is 6.08 Å². The Kier molecular flexibility index (Phi) is 6.25. The van der Waals surface area contributed by atoms with Gasteiger partial charge in [0.05, 0.1) is 6.61 Å². The highest BCUT2D eigenvalue weighted by Crippen LogP contribution is 2.16. The van der Waals surface area contributed by atoms with E-state index >= 15 is 0 Å². The van der Waals surface area contributed by atoms with Gasteiger partial charge in [0.1, 0.15) is 0 Å². The Bertz CT molecular complexity index is 482. The second kappa shape index (κ2) is 7.71. The van der Waals surface area contributed by atoms with E-state index in [9.17, 15) is 14.7 Å². The Morgan fingerprint density at radius 2 is 2.11 bits per heavy atom. The Labute approximate surface area is 116 Å². The van der Waals surface area contributed by atoms with Crippen LogP contribution in [0.25, 0.3) is 6.08 Å². The van der Waals surface area contributed by atoms with Crippen molar-refractivity contribution in [1.29, 1.82) is 0 Å². The van der Waals surface area contributed by atoms with Crippen molar-refractivity contribution in [3.05, 3.63) is 40.9 Å². The zero-order chi connectivity index (χ0) is 14.3. The van der Waals surface area contributed by atoms with Crippen LogP contribution in [0.3, 0.4) is 0 Å². The molecule has 0 spiro atoms. The van der Waals surface area contributed by atoms with E-state index in [2.05, 4.69) is 4.74 Å². The second-order valence-electron chi connectivity index (χ2n) is 3.79. The van der Waals surface area contributed by atoms with Gasteiger partial charge in [-0.15, -0.1) is 0 Å². The predicted octanol–water partition coefficient (Wildman–Crippen LogP) is 2.24. The van der Waals surface area contributed by atoms with Gasteiger partial charge in [-0.25, -0.2) is 4.79 Å². The molecule has 0 aliphatic rings. The van der Waals surface area contributed by atoms with Crippen molar-refractivity contribution < 1.29 is 19.4 Å². The number of benzene rings is 1. The molecule has 0 fully saturated rings. The molecule has 1 N–H and O–H groups in total. The van der Waals surface area contributed by atoms with Crippen LogP contribution in [0.2, 0.25) is 5.02 Å². The van der Waals surface area contributed by atoms with Crippen LogP contribution >= 0.6 is 11.6 Å². The molecule has 19 heavy (non-hydrogen) atoms. The van der Waals surface area contributed by atoms with Crippen molar-refractivity contribution in [1.82, 2.24) is 0 Å². The summed E-state index contributed by atoms with van der Waals surface area (Å²) in [7, 11) is 0. The summed E-state index contributed by atoms with van der Waals surface area (Å²) in [5.41, 5.74) is 0.697. The Morgan fingerprint density at radius 1 is 1.42 bits per heavy atom. The summed E-state index contributed by atoms with van der Waals surface area (Å²) in [6, 6.07) is 7.04. The van der Waals surface area contributed by atoms with Gasteiger partial charge in [-0.05, 0) is 30.7 Å². The van der Waals surface area contributed by atoms with Crippen LogP contribution in [0.1, 0.15) is 18.9 Å². The normalized spacial score (nSPS) is 12.4. The van der Waals surface area contributed by atoms with E-state index in [1.807, 2.05) is 0 Å². The summed E-state index contributed by atoms with van der Waals surface area (Å²) in [5.74, 6) is -1.16. The van der Waals surface area contributed by atoms with Crippen molar-refractivity contribution in [2.45, 2.75) is 19.4 Å². The predicted molar refractivity (Wildman–Crippen MR) is 72.7 cm³/mol. The number of allylic oxidation sites excluding steroid dienone is 1. The lowest BCUT2D eigenvalue weighted by molar-refractivity contribution is -0.154. The van der Waals surface area contributed by atoms with E-state index in [1.54, 1.807) is 37.3 Å². The van der Waals surface area contributed by atoms with E-state index in [0.29, 0.717) is 10.6 Å². The third-order valence-electron chi connectivity index (χ3n) is 2.31. The van der Waals surface area contributed by atoms with Gasteiger partial charge in [-0.1, -0.05) is 29.8 Å². The van der Waals surface area contributed by atoms with Crippen molar-refractivity contribution in [2.75, 3.05) is 6.61 Å². The number of aliphatic hydroxyl groups excluding tert-OH is 1. The summed E-state index contributed by atoms with van der Waals surface area (Å²) in [5, 5.41) is 9.94. The van der Waals surface area contributed by atoms with Crippen LogP contribution in [-0.4, -0.2) is 29.6 Å². The molecule has 0 aromatic heterocycles. The molecule has 0 saturated carbocycles. The van der Waals surface area contributed by atoms with Gasteiger partial charge < -0.3 is 9.84 Å². The van der Waals surface area contributed by atoms with E-state index in [-0.39, 0.29) is 18.8 Å². The number of carbonyl (C=O) groups is 2. The van der Waals surface area contributed by atoms with E-state index in [0.717, 1.165) is 0 Å². The molecule has 1 aromatic carbocycles. The molecular weight excluding hydrogens is 268 g/mol. The van der Waals surface area contributed by atoms with Crippen LogP contribution in [0.4, 0.5) is 0 Å². The minimum absolute atomic E-state index is 0.166. The summed E-state index contributed by atoms with van der Waals surface area (Å²) in [4.78, 5) is 22.7. The average Bonchev–Trinajstić information content (AvgIpc) is 2.38. The lowest BCUT2D eigenvalue weighted by Crippen LogP contribution is -2.25. The van der Waals surface area contributed by atoms with Crippen molar-refractivity contribution in [2.24, 2.45) is 0 Å². The average molecular weight is 283 g/mol. The standard InChI is InChI=1S/C14H15ClO4/c1-2-19-14(18)13(17)9-11(16)8-7-10-5-3-4-6-12(10)15/h3-8,13,17H,2,9H2,1H3/b8-7+/t13-/m0/s1. The number of ketones is 1. The SMILES string of the molecule is CCOC(=O)[C@@H](O)CC(=O)/C=C/c1ccccc1Cl. The number of esters is 1. The van der Waals surface area contributed by atoms with Gasteiger partial charge >= 0.3 is 5.97 Å². The fourth-order valence-electron chi connectivity index (χ4n) is 1.37. The molecule has 1 atom stereocenters. The lowest BCUT2D eigenvalue weighted by Gasteiger charge is -2.06. The highest BCUT2D eigenvalue weighted by Gasteiger charge is 2.18. The third kappa shape index (κ3) is 5.24. The lowest BCUT2D eigenvalue weighted by atomic mass is 10.1. The molecule has 0 saturated heterocycles. The number of halogens is 1. The molecule has 1 aromatic rings. The molecule has 0 radical (unpaired) electrons. The molecule has 102 valence electrons. The monoisotopic (exact) mass is 282 g/mol. The van der Waals surface area contributed by atoms with Gasteiger partial charge in [0.25, 0.3) is 0 Å². The van der Waals surface area contributed by atoms with Crippen molar-refractivity contribution >= 4 is 29.4 Å².